The first kappa shape index (κ1) is 21.2. The van der Waals surface area contributed by atoms with Crippen LogP contribution < -0.4 is 10.6 Å². The first-order valence-electron chi connectivity index (χ1n) is 9.34. The van der Waals surface area contributed by atoms with Crippen molar-refractivity contribution < 1.29 is 19.1 Å². The third-order valence-corrected chi connectivity index (χ3v) is 4.58. The molecule has 0 aliphatic heterocycles. The summed E-state index contributed by atoms with van der Waals surface area (Å²) in [4.78, 5) is 36.4. The molecule has 7 heteroatoms. The zero-order chi connectivity index (χ0) is 20.6. The molecule has 2 rings (SSSR count). The van der Waals surface area contributed by atoms with Gasteiger partial charge in [-0.15, -0.1) is 0 Å². The second-order valence-corrected chi connectivity index (χ2v) is 6.94. The van der Waals surface area contributed by atoms with Gasteiger partial charge in [-0.3, -0.25) is 9.59 Å². The van der Waals surface area contributed by atoms with Crippen LogP contribution in [0.25, 0.3) is 6.08 Å². The molecule has 7 nitrogen and oxygen atoms in total. The number of carbonyl (C=O) groups excluding carboxylic acids is 3. The Morgan fingerprint density at radius 3 is 2.39 bits per heavy atom. The largest absolute Gasteiger partial charge is 0.448 e. The average molecular weight is 383 g/mol. The number of ether oxygens (including phenoxy) is 1. The number of benzene rings is 1. The van der Waals surface area contributed by atoms with Gasteiger partial charge in [-0.25, -0.2) is 4.79 Å². The molecule has 148 valence electrons. The van der Waals surface area contributed by atoms with Gasteiger partial charge in [0, 0.05) is 6.92 Å². The smallest absolute Gasteiger partial charge is 0.355 e. The van der Waals surface area contributed by atoms with Gasteiger partial charge in [0.05, 0.1) is 6.07 Å². The van der Waals surface area contributed by atoms with Gasteiger partial charge in [-0.1, -0.05) is 49.6 Å². The topological polar surface area (TPSA) is 108 Å². The molecule has 0 heterocycles. The van der Waals surface area contributed by atoms with Crippen LogP contribution in [0.5, 0.6) is 0 Å². The lowest BCUT2D eigenvalue weighted by molar-refractivity contribution is -0.152. The fourth-order valence-electron chi connectivity index (χ4n) is 3.09. The zero-order valence-corrected chi connectivity index (χ0v) is 16.2. The third-order valence-electron chi connectivity index (χ3n) is 4.58. The SMILES string of the molecule is CC(=O)N/C(=C/c1ccccc1)C(=O)O[C@@H](C)C(=O)NC1(C#N)CCCCC1. The van der Waals surface area contributed by atoms with Crippen molar-refractivity contribution in [3.05, 3.63) is 41.6 Å². The van der Waals surface area contributed by atoms with Crippen molar-refractivity contribution in [1.29, 1.82) is 5.26 Å². The van der Waals surface area contributed by atoms with Crippen molar-refractivity contribution in [1.82, 2.24) is 10.6 Å². The number of amides is 2. The van der Waals surface area contributed by atoms with Gasteiger partial charge in [0.25, 0.3) is 5.91 Å². The van der Waals surface area contributed by atoms with Crippen molar-refractivity contribution in [3.8, 4) is 6.07 Å². The Morgan fingerprint density at radius 2 is 1.82 bits per heavy atom. The summed E-state index contributed by atoms with van der Waals surface area (Å²) >= 11 is 0. The minimum Gasteiger partial charge on any atom is -0.448 e. The van der Waals surface area contributed by atoms with Crippen molar-refractivity contribution in [2.75, 3.05) is 0 Å². The van der Waals surface area contributed by atoms with E-state index in [0.717, 1.165) is 19.3 Å². The number of nitriles is 1. The maximum Gasteiger partial charge on any atom is 0.355 e. The Bertz CT molecular complexity index is 790. The summed E-state index contributed by atoms with van der Waals surface area (Å²) in [6, 6.07) is 11.2. The van der Waals surface area contributed by atoms with Crippen LogP contribution in [-0.4, -0.2) is 29.4 Å². The van der Waals surface area contributed by atoms with Crippen LogP contribution in [0, 0.1) is 11.3 Å². The van der Waals surface area contributed by atoms with E-state index in [-0.39, 0.29) is 5.70 Å². The number of nitrogens with one attached hydrogen (secondary N) is 2. The van der Waals surface area contributed by atoms with Crippen molar-refractivity contribution in [3.63, 3.8) is 0 Å². The molecule has 2 N–H and O–H groups in total. The molecule has 28 heavy (non-hydrogen) atoms. The summed E-state index contributed by atoms with van der Waals surface area (Å²) in [7, 11) is 0. The zero-order valence-electron chi connectivity index (χ0n) is 16.2. The molecule has 0 bridgehead atoms. The Hall–Kier alpha value is -3.14. The summed E-state index contributed by atoms with van der Waals surface area (Å²) < 4.78 is 5.24. The summed E-state index contributed by atoms with van der Waals surface area (Å²) in [5.41, 5.74) is -0.270. The van der Waals surface area contributed by atoms with Crippen LogP contribution in [0.2, 0.25) is 0 Å². The van der Waals surface area contributed by atoms with Crippen LogP contribution in [-0.2, 0) is 19.1 Å². The molecule has 0 spiro atoms. The highest BCUT2D eigenvalue weighted by Gasteiger charge is 2.35. The van der Waals surface area contributed by atoms with Crippen LogP contribution in [0.4, 0.5) is 0 Å². The molecule has 1 aromatic rings. The van der Waals surface area contributed by atoms with E-state index in [9.17, 15) is 19.6 Å². The molecule has 1 atom stereocenters. The quantitative estimate of drug-likeness (QED) is 0.579. The number of carbonyl (C=O) groups is 3. The third kappa shape index (κ3) is 5.95. The van der Waals surface area contributed by atoms with Crippen molar-refractivity contribution in [2.24, 2.45) is 0 Å². The fraction of sp³-hybridized carbons (Fsp3) is 0.429. The second kappa shape index (κ2) is 9.70. The molecule has 2 amide bonds. The molecule has 0 radical (unpaired) electrons. The van der Waals surface area contributed by atoms with Crippen LogP contribution in [0.15, 0.2) is 36.0 Å². The number of rotatable bonds is 6. The molecule has 1 fully saturated rings. The minimum atomic E-state index is -1.10. The number of hydrogen-bond donors (Lipinski definition) is 2. The molecular formula is C21H25N3O4. The standard InChI is InChI=1S/C21H25N3O4/c1-15(19(26)24-21(14-22)11-7-4-8-12-21)28-20(27)18(23-16(2)25)13-17-9-5-3-6-10-17/h3,5-6,9-10,13,15H,4,7-8,11-12H2,1-2H3,(H,23,25)(H,24,26)/b18-13+/t15-/m0/s1. The lowest BCUT2D eigenvalue weighted by Gasteiger charge is -2.32. The van der Waals surface area contributed by atoms with Gasteiger partial charge < -0.3 is 15.4 Å². The lowest BCUT2D eigenvalue weighted by atomic mass is 9.83. The first-order chi connectivity index (χ1) is 13.3. The van der Waals surface area contributed by atoms with Gasteiger partial charge in [0.1, 0.15) is 11.2 Å². The average Bonchev–Trinajstić information content (AvgIpc) is 2.68. The van der Waals surface area contributed by atoms with Crippen LogP contribution in [0.3, 0.4) is 0 Å². The first-order valence-corrected chi connectivity index (χ1v) is 9.34. The van der Waals surface area contributed by atoms with Gasteiger partial charge in [-0.2, -0.15) is 5.26 Å². The van der Waals surface area contributed by atoms with Gasteiger partial charge in [0.15, 0.2) is 6.10 Å². The van der Waals surface area contributed by atoms with Crippen LogP contribution >= 0.6 is 0 Å². The molecule has 1 aliphatic carbocycles. The van der Waals surface area contributed by atoms with Crippen LogP contribution in [0.1, 0.15) is 51.5 Å². The van der Waals surface area contributed by atoms with Gasteiger partial charge in [-0.05, 0) is 31.4 Å². The van der Waals surface area contributed by atoms with E-state index < -0.39 is 29.4 Å². The van der Waals surface area contributed by atoms with Crippen molar-refractivity contribution >= 4 is 23.9 Å². The lowest BCUT2D eigenvalue weighted by Crippen LogP contribution is -2.52. The Morgan fingerprint density at radius 1 is 1.18 bits per heavy atom. The molecule has 0 saturated heterocycles. The summed E-state index contributed by atoms with van der Waals surface area (Å²) in [6.45, 7) is 2.72. The Kier molecular flexibility index (Phi) is 7.33. The maximum atomic E-state index is 12.5. The summed E-state index contributed by atoms with van der Waals surface area (Å²) in [5.74, 6) is -1.78. The fourth-order valence-corrected chi connectivity index (χ4v) is 3.09. The number of esters is 1. The van der Waals surface area contributed by atoms with E-state index >= 15 is 0 Å². The van der Waals surface area contributed by atoms with E-state index in [0.29, 0.717) is 18.4 Å². The predicted molar refractivity (Wildman–Crippen MR) is 103 cm³/mol. The molecule has 0 unspecified atom stereocenters. The molecular weight excluding hydrogens is 358 g/mol. The van der Waals surface area contributed by atoms with E-state index in [2.05, 4.69) is 16.7 Å². The highest BCUT2D eigenvalue weighted by atomic mass is 16.5. The van der Waals surface area contributed by atoms with Gasteiger partial charge >= 0.3 is 5.97 Å². The Labute approximate surface area is 164 Å². The predicted octanol–water partition coefficient (Wildman–Crippen LogP) is 2.44. The molecule has 1 aliphatic rings. The van der Waals surface area contributed by atoms with Gasteiger partial charge in [0.2, 0.25) is 5.91 Å². The molecule has 1 saturated carbocycles. The summed E-state index contributed by atoms with van der Waals surface area (Å²) in [6.07, 6.45) is 4.32. The Balaban J connectivity index is 2.07. The monoisotopic (exact) mass is 383 g/mol. The highest BCUT2D eigenvalue weighted by molar-refractivity contribution is 5.98. The van der Waals surface area contributed by atoms with Crippen molar-refractivity contribution in [2.45, 2.75) is 57.6 Å². The molecule has 1 aromatic carbocycles. The van der Waals surface area contributed by atoms with E-state index in [1.54, 1.807) is 24.3 Å². The second-order valence-electron chi connectivity index (χ2n) is 6.94. The van der Waals surface area contributed by atoms with E-state index in [1.807, 2.05) is 6.07 Å². The normalized spacial score (nSPS) is 17.0. The maximum absolute atomic E-state index is 12.5. The highest BCUT2D eigenvalue weighted by Crippen LogP contribution is 2.27. The number of nitrogens with zero attached hydrogens (tertiary/aromatic N) is 1. The minimum absolute atomic E-state index is 0.0639. The number of hydrogen-bond acceptors (Lipinski definition) is 5. The molecule has 0 aromatic heterocycles. The van der Waals surface area contributed by atoms with E-state index in [1.165, 1.54) is 19.9 Å². The summed E-state index contributed by atoms with van der Waals surface area (Å²) in [5, 5.41) is 14.6. The van der Waals surface area contributed by atoms with E-state index in [4.69, 9.17) is 4.74 Å².